The zero-order chi connectivity index (χ0) is 19.5. The normalized spacial score (nSPS) is 13.7. The number of fused-ring (bicyclic) bond motifs is 2. The van der Waals surface area contributed by atoms with E-state index in [1.54, 1.807) is 24.3 Å². The number of para-hydroxylation sites is 1. The van der Waals surface area contributed by atoms with E-state index in [0.29, 0.717) is 27.2 Å². The fourth-order valence-electron chi connectivity index (χ4n) is 3.62. The molecule has 0 unspecified atom stereocenters. The highest BCUT2D eigenvalue weighted by Crippen LogP contribution is 2.26. The molecule has 1 aromatic carbocycles. The monoisotopic (exact) mass is 392 g/mol. The molecule has 0 fully saturated rings. The predicted octanol–water partition coefficient (Wildman–Crippen LogP) is 3.02. The maximum atomic E-state index is 12.6. The van der Waals surface area contributed by atoms with Gasteiger partial charge in [-0.25, -0.2) is 9.78 Å². The van der Waals surface area contributed by atoms with Crippen molar-refractivity contribution >= 4 is 22.7 Å². The third-order valence-corrected chi connectivity index (χ3v) is 6.05. The smallest absolute Gasteiger partial charge is 0.307 e. The van der Waals surface area contributed by atoms with Gasteiger partial charge in [-0.15, -0.1) is 11.8 Å². The van der Waals surface area contributed by atoms with Crippen LogP contribution in [0.1, 0.15) is 36.1 Å². The van der Waals surface area contributed by atoms with Gasteiger partial charge in [-0.1, -0.05) is 18.6 Å². The van der Waals surface area contributed by atoms with Crippen molar-refractivity contribution in [2.75, 3.05) is 5.75 Å². The average Bonchev–Trinajstić information content (AvgIpc) is 2.94. The van der Waals surface area contributed by atoms with Gasteiger partial charge in [0.25, 0.3) is 5.56 Å². The van der Waals surface area contributed by atoms with Crippen LogP contribution in [0.5, 0.6) is 0 Å². The van der Waals surface area contributed by atoms with Gasteiger partial charge in [-0.05, 0) is 49.4 Å². The zero-order valence-corrected chi connectivity index (χ0v) is 16.2. The SMILES string of the molecule is N#Cc1cc2c(nc1SCCn1c(=O)[nH]c3ccccc3c1=O)CCCCC2. The molecule has 2 heterocycles. The van der Waals surface area contributed by atoms with Gasteiger partial charge in [-0.3, -0.25) is 9.36 Å². The number of hydrogen-bond donors (Lipinski definition) is 1. The molecule has 1 aliphatic carbocycles. The van der Waals surface area contributed by atoms with Crippen LogP contribution in [0.3, 0.4) is 0 Å². The van der Waals surface area contributed by atoms with E-state index in [2.05, 4.69) is 11.1 Å². The van der Waals surface area contributed by atoms with Gasteiger partial charge in [-0.2, -0.15) is 5.26 Å². The fraction of sp³-hybridized carbons (Fsp3) is 0.333. The molecule has 0 amide bonds. The Bertz CT molecular complexity index is 1190. The van der Waals surface area contributed by atoms with E-state index in [1.807, 2.05) is 6.07 Å². The zero-order valence-electron chi connectivity index (χ0n) is 15.4. The second kappa shape index (κ2) is 8.03. The summed E-state index contributed by atoms with van der Waals surface area (Å²) in [5.41, 5.74) is 2.67. The molecule has 0 radical (unpaired) electrons. The number of nitriles is 1. The highest BCUT2D eigenvalue weighted by atomic mass is 32.2. The topological polar surface area (TPSA) is 91.5 Å². The molecule has 0 atom stereocenters. The van der Waals surface area contributed by atoms with Gasteiger partial charge in [0.15, 0.2) is 0 Å². The molecule has 4 rings (SSSR count). The van der Waals surface area contributed by atoms with Crippen molar-refractivity contribution < 1.29 is 0 Å². The Morgan fingerprint density at radius 2 is 2.00 bits per heavy atom. The molecule has 7 heteroatoms. The number of aromatic amines is 1. The number of aryl methyl sites for hydroxylation is 2. The third-order valence-electron chi connectivity index (χ3n) is 5.08. The van der Waals surface area contributed by atoms with E-state index >= 15 is 0 Å². The number of H-pyrrole nitrogens is 1. The van der Waals surface area contributed by atoms with Gasteiger partial charge >= 0.3 is 5.69 Å². The average molecular weight is 392 g/mol. The molecule has 142 valence electrons. The van der Waals surface area contributed by atoms with E-state index in [0.717, 1.165) is 31.4 Å². The molecule has 0 aliphatic heterocycles. The van der Waals surface area contributed by atoms with E-state index in [1.165, 1.54) is 28.3 Å². The van der Waals surface area contributed by atoms with Crippen LogP contribution in [0.2, 0.25) is 0 Å². The predicted molar refractivity (Wildman–Crippen MR) is 110 cm³/mol. The molecule has 3 aromatic rings. The summed E-state index contributed by atoms with van der Waals surface area (Å²) in [6, 6.07) is 11.2. The summed E-state index contributed by atoms with van der Waals surface area (Å²) < 4.78 is 1.21. The number of nitrogens with one attached hydrogen (secondary N) is 1. The largest absolute Gasteiger partial charge is 0.328 e. The van der Waals surface area contributed by atoms with Crippen LogP contribution in [-0.4, -0.2) is 20.3 Å². The fourth-order valence-corrected chi connectivity index (χ4v) is 4.52. The molecule has 0 spiro atoms. The van der Waals surface area contributed by atoms with Crippen LogP contribution in [0.25, 0.3) is 10.9 Å². The van der Waals surface area contributed by atoms with Gasteiger partial charge in [0, 0.05) is 18.0 Å². The van der Waals surface area contributed by atoms with Crippen molar-refractivity contribution in [3.8, 4) is 6.07 Å². The summed E-state index contributed by atoms with van der Waals surface area (Å²) in [5, 5.41) is 10.7. The number of rotatable bonds is 4. The van der Waals surface area contributed by atoms with Crippen LogP contribution >= 0.6 is 11.8 Å². The standard InChI is InChI=1S/C21H20N4O2S/c22-13-15-12-14-6-2-1-3-8-17(14)23-19(15)28-11-10-25-20(26)16-7-4-5-9-18(16)24-21(25)27/h4-5,7,9,12H,1-3,6,8,10-11H2,(H,24,27). The minimum Gasteiger partial charge on any atom is -0.307 e. The van der Waals surface area contributed by atoms with Crippen molar-refractivity contribution in [1.29, 1.82) is 5.26 Å². The maximum Gasteiger partial charge on any atom is 0.328 e. The second-order valence-corrected chi connectivity index (χ2v) is 7.98. The van der Waals surface area contributed by atoms with Crippen molar-refractivity contribution in [1.82, 2.24) is 14.5 Å². The number of aromatic nitrogens is 3. The van der Waals surface area contributed by atoms with Crippen molar-refractivity contribution in [3.63, 3.8) is 0 Å². The Hall–Kier alpha value is -2.85. The second-order valence-electron chi connectivity index (χ2n) is 6.90. The summed E-state index contributed by atoms with van der Waals surface area (Å²) >= 11 is 1.42. The van der Waals surface area contributed by atoms with Crippen LogP contribution in [0.15, 0.2) is 44.9 Å². The lowest BCUT2D eigenvalue weighted by Crippen LogP contribution is -2.35. The summed E-state index contributed by atoms with van der Waals surface area (Å²) in [6.45, 7) is 0.257. The first-order valence-corrected chi connectivity index (χ1v) is 10.4. The molecule has 1 aliphatic rings. The highest BCUT2D eigenvalue weighted by molar-refractivity contribution is 7.99. The Kier molecular flexibility index (Phi) is 5.31. The lowest BCUT2D eigenvalue weighted by Gasteiger charge is -2.10. The van der Waals surface area contributed by atoms with Crippen molar-refractivity contribution in [3.05, 3.63) is 68.0 Å². The Morgan fingerprint density at radius 1 is 1.18 bits per heavy atom. The lowest BCUT2D eigenvalue weighted by atomic mass is 10.1. The van der Waals surface area contributed by atoms with E-state index in [-0.39, 0.29) is 12.1 Å². The van der Waals surface area contributed by atoms with Crippen LogP contribution < -0.4 is 11.2 Å². The molecule has 2 aromatic heterocycles. The molecule has 0 saturated heterocycles. The van der Waals surface area contributed by atoms with Crippen molar-refractivity contribution in [2.24, 2.45) is 0 Å². The maximum absolute atomic E-state index is 12.6. The lowest BCUT2D eigenvalue weighted by molar-refractivity contribution is 0.690. The summed E-state index contributed by atoms with van der Waals surface area (Å²) in [7, 11) is 0. The Labute approximate surface area is 166 Å². The first-order chi connectivity index (χ1) is 13.7. The molecule has 0 bridgehead atoms. The highest BCUT2D eigenvalue weighted by Gasteiger charge is 2.15. The number of nitrogens with zero attached hydrogens (tertiary/aromatic N) is 3. The van der Waals surface area contributed by atoms with Gasteiger partial charge in [0.05, 0.1) is 16.5 Å². The summed E-state index contributed by atoms with van der Waals surface area (Å²) in [6.07, 6.45) is 5.37. The first kappa shape index (κ1) is 18.5. The molecular formula is C21H20N4O2S. The number of benzene rings is 1. The summed E-state index contributed by atoms with van der Waals surface area (Å²) in [4.78, 5) is 32.4. The van der Waals surface area contributed by atoms with Crippen LogP contribution in [0.4, 0.5) is 0 Å². The van der Waals surface area contributed by atoms with Crippen LogP contribution in [0, 0.1) is 11.3 Å². The minimum absolute atomic E-state index is 0.257. The van der Waals surface area contributed by atoms with E-state index < -0.39 is 5.69 Å². The van der Waals surface area contributed by atoms with Gasteiger partial charge < -0.3 is 4.98 Å². The minimum atomic E-state index is -0.417. The number of pyridine rings is 1. The molecular weight excluding hydrogens is 372 g/mol. The van der Waals surface area contributed by atoms with Gasteiger partial charge in [0.2, 0.25) is 0 Å². The molecule has 1 N–H and O–H groups in total. The third kappa shape index (κ3) is 3.60. The molecule has 0 saturated carbocycles. The Morgan fingerprint density at radius 3 is 2.86 bits per heavy atom. The molecule has 28 heavy (non-hydrogen) atoms. The van der Waals surface area contributed by atoms with E-state index in [4.69, 9.17) is 4.98 Å². The van der Waals surface area contributed by atoms with Crippen molar-refractivity contribution in [2.45, 2.75) is 43.7 Å². The van der Waals surface area contributed by atoms with Gasteiger partial charge in [0.1, 0.15) is 11.1 Å². The van der Waals surface area contributed by atoms with E-state index in [9.17, 15) is 14.9 Å². The quantitative estimate of drug-likeness (QED) is 0.544. The Balaban J connectivity index is 1.57. The molecule has 6 nitrogen and oxygen atoms in total. The van der Waals surface area contributed by atoms with Crippen LogP contribution in [-0.2, 0) is 19.4 Å². The number of thioether (sulfide) groups is 1. The summed E-state index contributed by atoms with van der Waals surface area (Å²) in [5.74, 6) is 0.488. The number of hydrogen-bond acceptors (Lipinski definition) is 5. The first-order valence-electron chi connectivity index (χ1n) is 9.45.